The van der Waals surface area contributed by atoms with E-state index in [0.29, 0.717) is 0 Å². The van der Waals surface area contributed by atoms with E-state index in [0.717, 1.165) is 6.54 Å². The third-order valence-electron chi connectivity index (χ3n) is 3.11. The Hall–Kier alpha value is -1.68. The van der Waals surface area contributed by atoms with Crippen LogP contribution in [0, 0.1) is 0 Å². The highest BCUT2D eigenvalue weighted by Crippen LogP contribution is 2.47. The molecule has 2 aromatic rings. The van der Waals surface area contributed by atoms with Crippen LogP contribution in [0.25, 0.3) is 0 Å². The monoisotopic (exact) mass is 215 g/mol. The molecule has 1 aliphatic rings. The molecule has 0 spiro atoms. The first-order valence-electron chi connectivity index (χ1n) is 5.37. The van der Waals surface area contributed by atoms with E-state index in [2.05, 4.69) is 29.1 Å². The average molecular weight is 215 g/mol. The molecule has 0 amide bonds. The zero-order valence-electron chi connectivity index (χ0n) is 9.08. The number of hydrogen-bond donors (Lipinski definition) is 0. The topological polar surface area (TPSA) is 43.2 Å². The van der Waals surface area contributed by atoms with Crippen molar-refractivity contribution in [2.75, 3.05) is 0 Å². The van der Waals surface area contributed by atoms with Crippen LogP contribution in [0.5, 0.6) is 0 Å². The Morgan fingerprint density at radius 1 is 1.38 bits per heavy atom. The smallest absolute Gasteiger partial charge is 0.139 e. The van der Waals surface area contributed by atoms with E-state index in [1.165, 1.54) is 5.56 Å². The zero-order chi connectivity index (χ0) is 11.0. The van der Waals surface area contributed by atoms with Gasteiger partial charge in [-0.25, -0.2) is 9.67 Å². The van der Waals surface area contributed by atoms with Gasteiger partial charge in [-0.3, -0.25) is 0 Å². The quantitative estimate of drug-likeness (QED) is 0.730. The van der Waals surface area contributed by atoms with E-state index < -0.39 is 0 Å². The summed E-state index contributed by atoms with van der Waals surface area (Å²) in [5.41, 5.74) is 0.993. The first-order valence-corrected chi connectivity index (χ1v) is 5.37. The van der Waals surface area contributed by atoms with E-state index in [-0.39, 0.29) is 11.7 Å². The largest absolute Gasteiger partial charge is 0.359 e. The van der Waals surface area contributed by atoms with E-state index in [9.17, 15) is 0 Å². The zero-order valence-corrected chi connectivity index (χ0v) is 9.08. The van der Waals surface area contributed by atoms with Crippen LogP contribution in [-0.2, 0) is 16.9 Å². The minimum absolute atomic E-state index is 0.213. The summed E-state index contributed by atoms with van der Waals surface area (Å²) >= 11 is 0. The standard InChI is InChI=1S/C12H13N3O/c1-10-12(16-10,7-15-9-13-8-14-15)11-5-3-2-4-6-11/h2-6,8-10H,7H2,1H3/t10?,12-/m1/s1. The summed E-state index contributed by atoms with van der Waals surface area (Å²) in [6, 6.07) is 10.3. The highest BCUT2D eigenvalue weighted by molar-refractivity contribution is 5.28. The highest BCUT2D eigenvalue weighted by Gasteiger charge is 2.55. The molecule has 0 bridgehead atoms. The van der Waals surface area contributed by atoms with Gasteiger partial charge in [-0.2, -0.15) is 5.10 Å². The van der Waals surface area contributed by atoms with Crippen LogP contribution >= 0.6 is 0 Å². The van der Waals surface area contributed by atoms with Crippen molar-refractivity contribution in [2.45, 2.75) is 25.2 Å². The van der Waals surface area contributed by atoms with Crippen molar-refractivity contribution in [3.05, 3.63) is 48.5 Å². The molecule has 16 heavy (non-hydrogen) atoms. The lowest BCUT2D eigenvalue weighted by Gasteiger charge is -2.12. The molecule has 4 nitrogen and oxygen atoms in total. The lowest BCUT2D eigenvalue weighted by molar-refractivity contribution is 0.263. The lowest BCUT2D eigenvalue weighted by atomic mass is 9.96. The summed E-state index contributed by atoms with van der Waals surface area (Å²) in [5.74, 6) is 0. The lowest BCUT2D eigenvalue weighted by Crippen LogP contribution is -2.20. The maximum atomic E-state index is 5.78. The van der Waals surface area contributed by atoms with Crippen LogP contribution in [0.3, 0.4) is 0 Å². The number of rotatable bonds is 3. The first kappa shape index (κ1) is 9.54. The third-order valence-corrected chi connectivity index (χ3v) is 3.11. The average Bonchev–Trinajstić information content (AvgIpc) is 2.76. The van der Waals surface area contributed by atoms with Crippen LogP contribution in [-0.4, -0.2) is 20.9 Å². The Bertz CT molecular complexity index is 468. The maximum absolute atomic E-state index is 5.78. The molecule has 1 aromatic heterocycles. The molecule has 1 fully saturated rings. The molecular formula is C12H13N3O. The molecule has 2 atom stereocenters. The fourth-order valence-electron chi connectivity index (χ4n) is 2.12. The van der Waals surface area contributed by atoms with E-state index in [1.807, 2.05) is 22.9 Å². The molecule has 2 heterocycles. The van der Waals surface area contributed by atoms with Gasteiger partial charge < -0.3 is 4.74 Å². The fraction of sp³-hybridized carbons (Fsp3) is 0.333. The van der Waals surface area contributed by atoms with Gasteiger partial charge in [0, 0.05) is 0 Å². The van der Waals surface area contributed by atoms with Gasteiger partial charge >= 0.3 is 0 Å². The van der Waals surface area contributed by atoms with Crippen molar-refractivity contribution < 1.29 is 4.74 Å². The molecule has 1 unspecified atom stereocenters. The number of ether oxygens (including phenoxy) is 1. The second-order valence-electron chi connectivity index (χ2n) is 4.11. The number of aromatic nitrogens is 3. The normalized spacial score (nSPS) is 27.9. The van der Waals surface area contributed by atoms with E-state index >= 15 is 0 Å². The fourth-order valence-corrected chi connectivity index (χ4v) is 2.12. The molecule has 82 valence electrons. The van der Waals surface area contributed by atoms with E-state index in [4.69, 9.17) is 4.74 Å². The molecule has 0 radical (unpaired) electrons. The number of benzene rings is 1. The van der Waals surface area contributed by atoms with Crippen molar-refractivity contribution in [3.63, 3.8) is 0 Å². The number of epoxide rings is 1. The van der Waals surface area contributed by atoms with Crippen molar-refractivity contribution in [3.8, 4) is 0 Å². The molecule has 0 saturated carbocycles. The van der Waals surface area contributed by atoms with Crippen molar-refractivity contribution in [1.82, 2.24) is 14.8 Å². The predicted octanol–water partition coefficient (Wildman–Crippen LogP) is 1.59. The van der Waals surface area contributed by atoms with Gasteiger partial charge in [0.25, 0.3) is 0 Å². The second kappa shape index (κ2) is 3.42. The van der Waals surface area contributed by atoms with Crippen LogP contribution in [0.1, 0.15) is 12.5 Å². The minimum Gasteiger partial charge on any atom is -0.359 e. The Kier molecular flexibility index (Phi) is 2.04. The maximum Gasteiger partial charge on any atom is 0.139 e. The van der Waals surface area contributed by atoms with Crippen LogP contribution in [0.2, 0.25) is 0 Å². The molecular weight excluding hydrogens is 202 g/mol. The SMILES string of the molecule is CC1O[C@@]1(Cn1cncn1)c1ccccc1. The number of nitrogens with zero attached hydrogens (tertiary/aromatic N) is 3. The summed E-state index contributed by atoms with van der Waals surface area (Å²) in [6.07, 6.45) is 3.50. The van der Waals surface area contributed by atoms with Crippen molar-refractivity contribution in [2.24, 2.45) is 0 Å². The summed E-state index contributed by atoms with van der Waals surface area (Å²) < 4.78 is 7.59. The molecule has 1 aromatic carbocycles. The summed E-state index contributed by atoms with van der Waals surface area (Å²) in [4.78, 5) is 3.95. The van der Waals surface area contributed by atoms with Gasteiger partial charge in [0.05, 0.1) is 12.6 Å². The highest BCUT2D eigenvalue weighted by atomic mass is 16.6. The Morgan fingerprint density at radius 2 is 2.12 bits per heavy atom. The molecule has 0 N–H and O–H groups in total. The summed E-state index contributed by atoms with van der Waals surface area (Å²) in [5, 5.41) is 4.13. The van der Waals surface area contributed by atoms with Gasteiger partial charge in [0.15, 0.2) is 0 Å². The van der Waals surface area contributed by atoms with Crippen LogP contribution < -0.4 is 0 Å². The van der Waals surface area contributed by atoms with Gasteiger partial charge in [-0.1, -0.05) is 30.3 Å². The first-order chi connectivity index (χ1) is 7.81. The summed E-state index contributed by atoms with van der Waals surface area (Å²) in [7, 11) is 0. The van der Waals surface area contributed by atoms with E-state index in [1.54, 1.807) is 12.7 Å². The van der Waals surface area contributed by atoms with Crippen molar-refractivity contribution in [1.29, 1.82) is 0 Å². The predicted molar refractivity (Wildman–Crippen MR) is 58.7 cm³/mol. The van der Waals surface area contributed by atoms with Crippen LogP contribution in [0.4, 0.5) is 0 Å². The molecule has 0 aliphatic carbocycles. The van der Waals surface area contributed by atoms with Gasteiger partial charge in [-0.05, 0) is 12.5 Å². The Labute approximate surface area is 93.9 Å². The Balaban J connectivity index is 1.91. The number of hydrogen-bond acceptors (Lipinski definition) is 3. The minimum atomic E-state index is -0.213. The molecule has 4 heteroatoms. The van der Waals surface area contributed by atoms with Gasteiger partial charge in [-0.15, -0.1) is 0 Å². The summed E-state index contributed by atoms with van der Waals surface area (Å²) in [6.45, 7) is 2.81. The molecule has 1 aliphatic heterocycles. The van der Waals surface area contributed by atoms with Gasteiger partial charge in [0.1, 0.15) is 18.3 Å². The molecule has 3 rings (SSSR count). The van der Waals surface area contributed by atoms with Crippen LogP contribution in [0.15, 0.2) is 43.0 Å². The van der Waals surface area contributed by atoms with Crippen molar-refractivity contribution >= 4 is 0 Å². The Morgan fingerprint density at radius 3 is 2.69 bits per heavy atom. The third kappa shape index (κ3) is 1.42. The van der Waals surface area contributed by atoms with Gasteiger partial charge in [0.2, 0.25) is 0 Å². The molecule has 1 saturated heterocycles. The second-order valence-corrected chi connectivity index (χ2v) is 4.11.